The third-order valence-electron chi connectivity index (χ3n) is 23.7. The van der Waals surface area contributed by atoms with Crippen LogP contribution < -0.4 is 23.7 Å². The van der Waals surface area contributed by atoms with Crippen LogP contribution >= 0.6 is 34.8 Å². The summed E-state index contributed by atoms with van der Waals surface area (Å²) in [6.45, 7) is 15.4. The fourth-order valence-electron chi connectivity index (χ4n) is 16.7. The van der Waals surface area contributed by atoms with E-state index in [1.165, 1.54) is 0 Å². The van der Waals surface area contributed by atoms with Gasteiger partial charge in [0.25, 0.3) is 0 Å². The zero-order valence-corrected chi connectivity index (χ0v) is 79.2. The highest BCUT2D eigenvalue weighted by Crippen LogP contribution is 2.46. The van der Waals surface area contributed by atoms with Gasteiger partial charge in [0.1, 0.15) is 85.8 Å². The monoisotopic (exact) mass is 1840 g/mol. The van der Waals surface area contributed by atoms with Crippen molar-refractivity contribution in [3.8, 4) is 28.7 Å². The first-order valence-corrected chi connectivity index (χ1v) is 44.5. The molecule has 10 aliphatic rings. The van der Waals surface area contributed by atoms with Crippen LogP contribution in [0.3, 0.4) is 0 Å². The zero-order valence-electron chi connectivity index (χ0n) is 77.0. The molecule has 20 rings (SSSR count). The number of allylic oxidation sites excluding steroid dienone is 10. The van der Waals surface area contributed by atoms with E-state index in [9.17, 15) is 24.0 Å². The number of ketones is 5. The van der Waals surface area contributed by atoms with Crippen LogP contribution in [0.15, 0.2) is 291 Å². The van der Waals surface area contributed by atoms with Crippen LogP contribution in [0.4, 0.5) is 0 Å². The Morgan fingerprint density at radius 2 is 0.455 bits per heavy atom. The molecule has 0 unspecified atom stereocenters. The normalized spacial score (nSPS) is 15.2. The predicted molar refractivity (Wildman–Crippen MR) is 535 cm³/mol. The molecule has 0 N–H and O–H groups in total. The summed E-state index contributed by atoms with van der Waals surface area (Å²) in [6.07, 6.45) is 0. The lowest BCUT2D eigenvalue weighted by molar-refractivity contribution is 0.104. The molecular weight excluding hydrogens is 1750 g/mol. The molecule has 25 nitrogen and oxygen atoms in total. The first-order chi connectivity index (χ1) is 64.7. The lowest BCUT2D eigenvalue weighted by Gasteiger charge is -2.20. The predicted octanol–water partition coefficient (Wildman–Crippen LogP) is 19.3. The second-order valence-electron chi connectivity index (χ2n) is 32.3. The first-order valence-electron chi connectivity index (χ1n) is 43.3. The largest absolute Gasteiger partial charge is 0.497 e. The number of nitrogens with zero attached hydrogens (tertiary/aromatic N) is 15. The minimum absolute atomic E-state index is 0.0227. The number of halogens is 3. The van der Waals surface area contributed by atoms with Crippen LogP contribution in [-0.4, -0.2) is 216 Å². The second-order valence-corrected chi connectivity index (χ2v) is 33.5. The lowest BCUT2D eigenvalue weighted by atomic mass is 9.82. The van der Waals surface area contributed by atoms with Crippen LogP contribution in [0.2, 0.25) is 15.1 Å². The SMILES string of the molecule is CCN(CC)C1=NC2=C(c3cc(OC)ccc3C)C(=O)c3ccccc3C2=N1.CCN(CC)C1=NC2=C(c3ccc(OC)cc3Cl)C(=O)c3ccccc3C2=N1.COc1ccc(C)c(C2=C3N=C(N(C)C)N=C3c3ccccc3C2=O)c1.COc1ccc(C2=C3N=C(N(C)C)N=C3c3ccccc3C2=O)c(Cl)c1.COc1ccc(Cl)c(C2=C3N=C(N(C)C)N=C3c3ccccc3C2=O)c1. The Labute approximate surface area is 791 Å². The smallest absolute Gasteiger partial charge is 0.226 e. The molecule has 0 amide bonds. The van der Waals surface area contributed by atoms with Gasteiger partial charge in [-0.1, -0.05) is 168 Å². The number of carbonyl (C=O) groups excluding carboxylic acids is 5. The molecule has 0 fully saturated rings. The van der Waals surface area contributed by atoms with Gasteiger partial charge in [0.15, 0.2) is 28.9 Å². The van der Waals surface area contributed by atoms with E-state index in [0.29, 0.717) is 186 Å². The van der Waals surface area contributed by atoms with Gasteiger partial charge in [-0.05, 0) is 143 Å². The van der Waals surface area contributed by atoms with Gasteiger partial charge in [0.2, 0.25) is 29.8 Å². The van der Waals surface area contributed by atoms with Crippen molar-refractivity contribution in [3.05, 3.63) is 350 Å². The molecule has 10 aromatic rings. The van der Waals surface area contributed by atoms with Crippen molar-refractivity contribution in [1.29, 1.82) is 0 Å². The van der Waals surface area contributed by atoms with Crippen molar-refractivity contribution < 1.29 is 47.7 Å². The third kappa shape index (κ3) is 17.1. The third-order valence-corrected chi connectivity index (χ3v) is 24.7. The number of benzene rings is 10. The van der Waals surface area contributed by atoms with Gasteiger partial charge in [-0.2, -0.15) is 0 Å². The number of aliphatic imine (C=N–C) groups is 10. The van der Waals surface area contributed by atoms with Crippen LogP contribution in [-0.2, 0) is 0 Å². The van der Waals surface area contributed by atoms with E-state index in [2.05, 4.69) is 67.4 Å². The number of guanidine groups is 5. The maximum absolute atomic E-state index is 13.5. The van der Waals surface area contributed by atoms with Crippen molar-refractivity contribution in [1.82, 2.24) is 24.5 Å². The molecule has 5 aliphatic heterocycles. The number of rotatable bonds is 14. The van der Waals surface area contributed by atoms with Crippen LogP contribution in [0, 0.1) is 13.8 Å². The Morgan fingerprint density at radius 1 is 0.239 bits per heavy atom. The lowest BCUT2D eigenvalue weighted by Crippen LogP contribution is -2.28. The van der Waals surface area contributed by atoms with Gasteiger partial charge >= 0.3 is 0 Å². The molecule has 134 heavy (non-hydrogen) atoms. The van der Waals surface area contributed by atoms with E-state index in [1.807, 2.05) is 222 Å². The van der Waals surface area contributed by atoms with Gasteiger partial charge < -0.3 is 48.2 Å². The Kier molecular flexibility index (Phi) is 26.6. The quantitative estimate of drug-likeness (QED) is 0.0979. The number of methoxy groups -OCH3 is 5. The van der Waals surface area contributed by atoms with Gasteiger partial charge in [-0.15, -0.1) is 0 Å². The van der Waals surface area contributed by atoms with E-state index in [-0.39, 0.29) is 28.9 Å². The Morgan fingerprint density at radius 3 is 0.709 bits per heavy atom. The highest BCUT2D eigenvalue weighted by atomic mass is 35.5. The molecule has 0 aromatic heterocycles. The molecule has 0 spiro atoms. The standard InChI is InChI=1S/C23H23N3O2.C22H20ClN3O2.C21H19N3O2.2C20H16ClN3O2/c1-5-26(6-2)23-24-20-16-9-7-8-10-17(16)22(27)19(21(20)25-23)18-13-15(28-4)12-11-14(18)3;1-4-26(5-2)22-24-19-14-8-6-7-9-15(14)21(27)18(20(19)25-22)16-11-10-13(28-3)12-17(16)23;1-12-9-10-13(26-4)11-16(12)17-19-18(22-21(23-19)24(2)3)14-7-5-6-8-15(14)20(17)25;1-24(2)20-22-17-12-6-4-5-7-13(12)19(25)16(18(17)23-20)14-10-11(26-3)8-9-15(14)21;1-24(2)20-22-17-12-6-4-5-7-13(12)19(25)16(18(17)23-20)14-9-8-11(26-3)10-15(14)21/h7-13H,5-6H2,1-4H3;6-12H,4-5H2,1-3H3;5-11H,1-4H3;2*4-10H,1-3H3. The number of ether oxygens (including phenoxy) is 5. The number of hydrogen-bond donors (Lipinski definition) is 0. The molecule has 28 heteroatoms. The maximum atomic E-state index is 13.5. The second kappa shape index (κ2) is 38.7. The Hall–Kier alpha value is -15.2. The number of aryl methyl sites for hydroxylation is 2. The average Bonchev–Trinajstić information content (AvgIpc) is 1.55. The van der Waals surface area contributed by atoms with Crippen molar-refractivity contribution >= 4 is 150 Å². The minimum Gasteiger partial charge on any atom is -0.497 e. The molecule has 674 valence electrons. The Bertz CT molecular complexity index is 7020. The fourth-order valence-corrected chi connectivity index (χ4v) is 17.5. The van der Waals surface area contributed by atoms with E-state index >= 15 is 0 Å². The van der Waals surface area contributed by atoms with Gasteiger partial charge in [-0.25, -0.2) is 49.9 Å². The molecule has 0 saturated carbocycles. The van der Waals surface area contributed by atoms with Gasteiger partial charge in [0.05, 0.1) is 73.5 Å². The van der Waals surface area contributed by atoms with Crippen molar-refractivity contribution in [3.63, 3.8) is 0 Å². The summed E-state index contributed by atoms with van der Waals surface area (Å²) >= 11 is 19.4. The summed E-state index contributed by atoms with van der Waals surface area (Å²) < 4.78 is 26.5. The summed E-state index contributed by atoms with van der Waals surface area (Å²) in [4.78, 5) is 123. The number of hydrogen-bond acceptors (Lipinski definition) is 25. The topological polar surface area (TPSA) is 271 Å². The Balaban J connectivity index is 0.000000122. The molecule has 0 saturated heterocycles. The summed E-state index contributed by atoms with van der Waals surface area (Å²) in [5.41, 5.74) is 21.9. The fraction of sp³-hybridized carbons (Fsp3) is 0.198. The van der Waals surface area contributed by atoms with Gasteiger partial charge in [-0.3, -0.25) is 24.0 Å². The van der Waals surface area contributed by atoms with E-state index in [1.54, 1.807) is 96.2 Å². The van der Waals surface area contributed by atoms with E-state index in [4.69, 9.17) is 78.5 Å². The van der Waals surface area contributed by atoms with Crippen LogP contribution in [0.25, 0.3) is 27.9 Å². The highest BCUT2D eigenvalue weighted by molar-refractivity contribution is 6.50. The van der Waals surface area contributed by atoms with Crippen LogP contribution in [0.5, 0.6) is 28.7 Å². The molecule has 10 aromatic carbocycles. The van der Waals surface area contributed by atoms with E-state index in [0.717, 1.165) is 93.4 Å². The summed E-state index contributed by atoms with van der Waals surface area (Å²) in [7, 11) is 19.2. The highest BCUT2D eigenvalue weighted by Gasteiger charge is 2.43. The van der Waals surface area contributed by atoms with Gasteiger partial charge in [0, 0.05) is 146 Å². The van der Waals surface area contributed by atoms with E-state index < -0.39 is 0 Å². The maximum Gasteiger partial charge on any atom is 0.226 e. The average molecular weight is 1840 g/mol. The van der Waals surface area contributed by atoms with Crippen molar-refractivity contribution in [2.24, 2.45) is 49.9 Å². The summed E-state index contributed by atoms with van der Waals surface area (Å²) in [5.74, 6) is 5.93. The zero-order chi connectivity index (χ0) is 94.9. The molecule has 5 heterocycles. The molecular formula is C106H94Cl3N15O10. The number of carbonyl (C=O) groups is 5. The first kappa shape index (κ1) is 92.1. The van der Waals surface area contributed by atoms with Crippen LogP contribution in [0.1, 0.15) is 146 Å². The molecule has 5 aliphatic carbocycles. The minimum atomic E-state index is -0.117. The number of fused-ring (bicyclic) bond motifs is 15. The van der Waals surface area contributed by atoms with Crippen molar-refractivity contribution in [2.45, 2.75) is 41.5 Å². The molecule has 0 radical (unpaired) electrons. The van der Waals surface area contributed by atoms with Crippen molar-refractivity contribution in [2.75, 3.05) is 104 Å². The number of Topliss-reactive ketones (excluding diaryl/α,β-unsaturated/α-hetero) is 5. The molecule has 0 atom stereocenters. The summed E-state index contributed by atoms with van der Waals surface area (Å²) in [6, 6.07) is 64.9. The molecule has 0 bridgehead atoms. The summed E-state index contributed by atoms with van der Waals surface area (Å²) in [5, 5.41) is 1.35.